The molecule has 2 N–H and O–H groups in total. The lowest BCUT2D eigenvalue weighted by Gasteiger charge is -2.07. The Morgan fingerprint density at radius 3 is 3.06 bits per heavy atom. The van der Waals surface area contributed by atoms with Gasteiger partial charge in [-0.05, 0) is 6.07 Å². The van der Waals surface area contributed by atoms with Crippen LogP contribution in [0.4, 0.5) is 0 Å². The summed E-state index contributed by atoms with van der Waals surface area (Å²) in [7, 11) is 1.60. The normalized spacial score (nSPS) is 11.4. The van der Waals surface area contributed by atoms with Gasteiger partial charge in [-0.15, -0.1) is 0 Å². The van der Waals surface area contributed by atoms with Crippen molar-refractivity contribution in [3.63, 3.8) is 0 Å². The van der Waals surface area contributed by atoms with Gasteiger partial charge in [0, 0.05) is 18.6 Å². The Kier molecular flexibility index (Phi) is 4.01. The van der Waals surface area contributed by atoms with Crippen LogP contribution in [-0.2, 0) is 4.74 Å². The van der Waals surface area contributed by atoms with Crippen LogP contribution in [0, 0.1) is 0 Å². The molecule has 18 heavy (non-hydrogen) atoms. The van der Waals surface area contributed by atoms with Crippen LogP contribution in [0.2, 0.25) is 5.02 Å². The van der Waals surface area contributed by atoms with E-state index in [4.69, 9.17) is 26.3 Å². The van der Waals surface area contributed by atoms with Crippen molar-refractivity contribution in [3.05, 3.63) is 22.8 Å². The summed E-state index contributed by atoms with van der Waals surface area (Å²) in [5.41, 5.74) is 1.26. The number of aromatic amines is 1. The molecule has 0 spiro atoms. The number of ether oxygens (including phenoxy) is 2. The first-order valence-corrected chi connectivity index (χ1v) is 5.61. The second-order valence-electron chi connectivity index (χ2n) is 3.52. The highest BCUT2D eigenvalue weighted by molar-refractivity contribution is 6.33. The molecule has 7 heteroatoms. The van der Waals surface area contributed by atoms with E-state index >= 15 is 0 Å². The molecule has 0 bridgehead atoms. The molecule has 2 aromatic rings. The van der Waals surface area contributed by atoms with E-state index in [0.717, 1.165) is 10.9 Å². The average molecular weight is 270 g/mol. The van der Waals surface area contributed by atoms with E-state index in [9.17, 15) is 0 Å². The first kappa shape index (κ1) is 12.7. The molecule has 6 nitrogen and oxygen atoms in total. The van der Waals surface area contributed by atoms with Crippen molar-refractivity contribution in [1.82, 2.24) is 10.2 Å². The van der Waals surface area contributed by atoms with E-state index in [-0.39, 0.29) is 0 Å². The van der Waals surface area contributed by atoms with Gasteiger partial charge in [-0.25, -0.2) is 0 Å². The summed E-state index contributed by atoms with van der Waals surface area (Å²) in [5.74, 6) is 0.553. The van der Waals surface area contributed by atoms with Gasteiger partial charge >= 0.3 is 0 Å². The molecule has 0 aliphatic heterocycles. The van der Waals surface area contributed by atoms with Crippen LogP contribution in [0.25, 0.3) is 10.9 Å². The van der Waals surface area contributed by atoms with Crippen molar-refractivity contribution >= 4 is 28.7 Å². The minimum Gasteiger partial charge on any atom is -0.490 e. The van der Waals surface area contributed by atoms with Gasteiger partial charge < -0.3 is 14.7 Å². The second kappa shape index (κ2) is 5.70. The van der Waals surface area contributed by atoms with Crippen molar-refractivity contribution in [1.29, 1.82) is 0 Å². The predicted octanol–water partition coefficient (Wildman–Crippen LogP) is 2.05. The summed E-state index contributed by atoms with van der Waals surface area (Å²) in [6.07, 6.45) is 1.24. The summed E-state index contributed by atoms with van der Waals surface area (Å²) in [4.78, 5) is 0. The molecule has 0 radical (unpaired) electrons. The van der Waals surface area contributed by atoms with Gasteiger partial charge in [0.05, 0.1) is 23.4 Å². The molecule has 2 rings (SSSR count). The number of fused-ring (bicyclic) bond motifs is 1. The molecular formula is C11H12ClN3O3. The van der Waals surface area contributed by atoms with Crippen LogP contribution in [0.1, 0.15) is 5.69 Å². The van der Waals surface area contributed by atoms with Crippen LogP contribution >= 0.6 is 11.6 Å². The number of rotatable bonds is 5. The van der Waals surface area contributed by atoms with Crippen LogP contribution in [-0.4, -0.2) is 41.9 Å². The molecule has 0 aliphatic rings. The molecule has 96 valence electrons. The fourth-order valence-electron chi connectivity index (χ4n) is 1.54. The Balaban J connectivity index is 2.32. The third-order valence-corrected chi connectivity index (χ3v) is 2.67. The molecule has 0 saturated heterocycles. The van der Waals surface area contributed by atoms with Crippen LogP contribution in [0.5, 0.6) is 5.75 Å². The minimum atomic E-state index is 0.417. The quantitative estimate of drug-likeness (QED) is 0.377. The van der Waals surface area contributed by atoms with Gasteiger partial charge in [0.25, 0.3) is 0 Å². The fraction of sp³-hybridized carbons (Fsp3) is 0.273. The van der Waals surface area contributed by atoms with Crippen LogP contribution in [0.15, 0.2) is 17.3 Å². The van der Waals surface area contributed by atoms with Gasteiger partial charge in [-0.3, -0.25) is 5.10 Å². The maximum Gasteiger partial charge on any atom is 0.140 e. The van der Waals surface area contributed by atoms with Gasteiger partial charge in [0.1, 0.15) is 18.1 Å². The highest BCUT2D eigenvalue weighted by atomic mass is 35.5. The van der Waals surface area contributed by atoms with E-state index < -0.39 is 0 Å². The number of nitrogens with zero attached hydrogens (tertiary/aromatic N) is 2. The SMILES string of the molecule is COCCOc1cc2[nH]nc(/C=N/O)c2cc1Cl. The number of aromatic nitrogens is 2. The van der Waals surface area contributed by atoms with E-state index in [2.05, 4.69) is 15.4 Å². The predicted molar refractivity (Wildman–Crippen MR) is 67.9 cm³/mol. The summed E-state index contributed by atoms with van der Waals surface area (Å²) in [6, 6.07) is 3.45. The molecule has 0 unspecified atom stereocenters. The maximum atomic E-state index is 8.51. The van der Waals surface area contributed by atoms with Crippen molar-refractivity contribution in [2.45, 2.75) is 0 Å². The Morgan fingerprint density at radius 2 is 2.33 bits per heavy atom. The number of H-pyrrole nitrogens is 1. The zero-order chi connectivity index (χ0) is 13.0. The number of nitrogens with one attached hydrogen (secondary N) is 1. The van der Waals surface area contributed by atoms with E-state index in [1.54, 1.807) is 19.2 Å². The van der Waals surface area contributed by atoms with Crippen LogP contribution in [0.3, 0.4) is 0 Å². The standard InChI is InChI=1S/C11H12ClN3O3/c1-17-2-3-18-11-5-9-7(4-8(11)12)10(6-13-16)15-14-9/h4-6,16H,2-3H2,1H3,(H,14,15)/b13-6+. The lowest BCUT2D eigenvalue weighted by Crippen LogP contribution is -2.04. The zero-order valence-corrected chi connectivity index (χ0v) is 10.4. The summed E-state index contributed by atoms with van der Waals surface area (Å²) >= 11 is 6.10. The van der Waals surface area contributed by atoms with Gasteiger partial charge in [0.15, 0.2) is 0 Å². The molecular weight excluding hydrogens is 258 g/mol. The lowest BCUT2D eigenvalue weighted by molar-refractivity contribution is 0.146. The Morgan fingerprint density at radius 1 is 1.50 bits per heavy atom. The first-order valence-electron chi connectivity index (χ1n) is 5.23. The number of hydrogen-bond acceptors (Lipinski definition) is 5. The molecule has 0 fully saturated rings. The van der Waals surface area contributed by atoms with Gasteiger partial charge in [-0.1, -0.05) is 16.8 Å². The molecule has 0 atom stereocenters. The average Bonchev–Trinajstić information content (AvgIpc) is 2.73. The first-order chi connectivity index (χ1) is 8.76. The third kappa shape index (κ3) is 2.55. The summed E-state index contributed by atoms with van der Waals surface area (Å²) < 4.78 is 10.4. The van der Waals surface area contributed by atoms with E-state index in [1.807, 2.05) is 0 Å². The highest BCUT2D eigenvalue weighted by Gasteiger charge is 2.09. The van der Waals surface area contributed by atoms with Gasteiger partial charge in [0.2, 0.25) is 0 Å². The number of methoxy groups -OCH3 is 1. The van der Waals surface area contributed by atoms with E-state index in [1.165, 1.54) is 6.21 Å². The van der Waals surface area contributed by atoms with Gasteiger partial charge in [-0.2, -0.15) is 5.10 Å². The number of oxime groups is 1. The highest BCUT2D eigenvalue weighted by Crippen LogP contribution is 2.30. The van der Waals surface area contributed by atoms with Crippen molar-refractivity contribution < 1.29 is 14.7 Å². The Labute approximate surface area is 108 Å². The minimum absolute atomic E-state index is 0.417. The molecule has 0 saturated carbocycles. The smallest absolute Gasteiger partial charge is 0.140 e. The number of benzene rings is 1. The molecule has 0 aliphatic carbocycles. The second-order valence-corrected chi connectivity index (χ2v) is 3.93. The van der Waals surface area contributed by atoms with Crippen molar-refractivity contribution in [2.75, 3.05) is 20.3 Å². The van der Waals surface area contributed by atoms with Crippen LogP contribution < -0.4 is 4.74 Å². The van der Waals surface area contributed by atoms with Crippen molar-refractivity contribution in [2.24, 2.45) is 5.16 Å². The summed E-state index contributed by atoms with van der Waals surface area (Å²) in [6.45, 7) is 0.903. The monoisotopic (exact) mass is 269 g/mol. The van der Waals surface area contributed by atoms with Crippen molar-refractivity contribution in [3.8, 4) is 5.75 Å². The largest absolute Gasteiger partial charge is 0.490 e. The number of hydrogen-bond donors (Lipinski definition) is 2. The summed E-state index contributed by atoms with van der Waals surface area (Å²) in [5, 5.41) is 19.5. The Hall–Kier alpha value is -1.79. The molecule has 1 aromatic carbocycles. The fourth-order valence-corrected chi connectivity index (χ4v) is 1.76. The molecule has 1 heterocycles. The maximum absolute atomic E-state index is 8.51. The zero-order valence-electron chi connectivity index (χ0n) is 9.68. The number of halogens is 1. The topological polar surface area (TPSA) is 79.7 Å². The third-order valence-electron chi connectivity index (χ3n) is 2.37. The van der Waals surface area contributed by atoms with E-state index in [0.29, 0.717) is 29.7 Å². The Bertz CT molecular complexity index is 568. The lowest BCUT2D eigenvalue weighted by atomic mass is 10.2. The molecule has 1 aromatic heterocycles. The molecule has 0 amide bonds.